The van der Waals surface area contributed by atoms with Crippen LogP contribution >= 0.6 is 0 Å². The highest BCUT2D eigenvalue weighted by Gasteiger charge is 2.42. The molecule has 0 bridgehead atoms. The molecule has 2 heterocycles. The van der Waals surface area contributed by atoms with Crippen LogP contribution in [0.15, 0.2) is 48.8 Å². The number of fused-ring (bicyclic) bond motifs is 1. The standard InChI is InChI=1S/C21H17F5N4O/c1-20(23,17(22)18-28-27-11-29(18)2)12-5-3-6-13(9-12)30-10-15-14(19(30)31)7-4-8-16(15)21(24,25)26/h3-9,11,17H,10H2,1-2H3/t17-,20-/m1/s1. The van der Waals surface area contributed by atoms with Crippen LogP contribution in [-0.4, -0.2) is 20.7 Å². The van der Waals surface area contributed by atoms with Crippen LogP contribution in [0.3, 0.4) is 0 Å². The Morgan fingerprint density at radius 1 is 1.10 bits per heavy atom. The number of aryl methyl sites for hydroxylation is 1. The Kier molecular flexibility index (Phi) is 4.83. The molecule has 1 aliphatic rings. The fourth-order valence-corrected chi connectivity index (χ4v) is 3.70. The Bertz CT molecular complexity index is 1150. The summed E-state index contributed by atoms with van der Waals surface area (Å²) in [6.07, 6.45) is -5.52. The van der Waals surface area contributed by atoms with Gasteiger partial charge in [0.2, 0.25) is 0 Å². The number of hydrogen-bond donors (Lipinski definition) is 0. The van der Waals surface area contributed by atoms with E-state index in [1.165, 1.54) is 54.3 Å². The van der Waals surface area contributed by atoms with Crippen molar-refractivity contribution in [3.63, 3.8) is 0 Å². The summed E-state index contributed by atoms with van der Waals surface area (Å²) in [6, 6.07) is 8.91. The number of aromatic nitrogens is 3. The number of benzene rings is 2. The lowest BCUT2D eigenvalue weighted by Crippen LogP contribution is -2.27. The summed E-state index contributed by atoms with van der Waals surface area (Å²) in [4.78, 5) is 13.9. The minimum absolute atomic E-state index is 0.0642. The molecule has 10 heteroatoms. The number of anilines is 1. The maximum absolute atomic E-state index is 15.5. The second-order valence-corrected chi connectivity index (χ2v) is 7.51. The average Bonchev–Trinajstić information content (AvgIpc) is 3.30. The minimum atomic E-state index is -4.61. The number of amides is 1. The lowest BCUT2D eigenvalue weighted by Gasteiger charge is -2.26. The summed E-state index contributed by atoms with van der Waals surface area (Å²) in [5.41, 5.74) is -3.54. The van der Waals surface area contributed by atoms with E-state index in [0.29, 0.717) is 0 Å². The van der Waals surface area contributed by atoms with Crippen LogP contribution in [0.2, 0.25) is 0 Å². The fraction of sp³-hybridized carbons (Fsp3) is 0.286. The molecule has 3 aromatic rings. The number of carbonyl (C=O) groups excluding carboxylic acids is 1. The van der Waals surface area contributed by atoms with Crippen LogP contribution in [-0.2, 0) is 25.4 Å². The largest absolute Gasteiger partial charge is 0.416 e. The van der Waals surface area contributed by atoms with E-state index in [0.717, 1.165) is 17.9 Å². The van der Waals surface area contributed by atoms with Gasteiger partial charge in [-0.1, -0.05) is 18.2 Å². The van der Waals surface area contributed by atoms with Gasteiger partial charge in [0, 0.05) is 18.3 Å². The predicted molar refractivity (Wildman–Crippen MR) is 102 cm³/mol. The van der Waals surface area contributed by atoms with E-state index in [4.69, 9.17) is 0 Å². The smallest absolute Gasteiger partial charge is 0.318 e. The van der Waals surface area contributed by atoms with Gasteiger partial charge in [0.15, 0.2) is 17.7 Å². The maximum atomic E-state index is 15.5. The highest BCUT2D eigenvalue weighted by atomic mass is 19.4. The van der Waals surface area contributed by atoms with Gasteiger partial charge in [0.05, 0.1) is 12.1 Å². The molecule has 0 saturated carbocycles. The molecule has 162 valence electrons. The first kappa shape index (κ1) is 21.0. The van der Waals surface area contributed by atoms with Gasteiger partial charge >= 0.3 is 6.18 Å². The zero-order chi connectivity index (χ0) is 22.6. The van der Waals surface area contributed by atoms with Crippen LogP contribution in [0.4, 0.5) is 27.6 Å². The Balaban J connectivity index is 1.69. The molecule has 0 N–H and O–H groups in total. The van der Waals surface area contributed by atoms with E-state index in [2.05, 4.69) is 10.2 Å². The van der Waals surface area contributed by atoms with Gasteiger partial charge in [-0.15, -0.1) is 10.2 Å². The SMILES string of the molecule is Cn1cnnc1[C@@H](F)[C@](C)(F)c1cccc(N2Cc3c(cccc3C(F)(F)F)C2=O)c1. The van der Waals surface area contributed by atoms with Crippen molar-refractivity contribution in [1.29, 1.82) is 0 Å². The number of rotatable bonds is 4. The van der Waals surface area contributed by atoms with Crippen LogP contribution in [0.5, 0.6) is 0 Å². The number of carbonyl (C=O) groups is 1. The summed E-state index contributed by atoms with van der Waals surface area (Å²) < 4.78 is 71.8. The molecule has 4 rings (SSSR count). The molecule has 0 saturated heterocycles. The van der Waals surface area contributed by atoms with E-state index >= 15 is 4.39 Å². The molecule has 31 heavy (non-hydrogen) atoms. The Labute approximate surface area is 174 Å². The van der Waals surface area contributed by atoms with Crippen molar-refractivity contribution in [3.05, 3.63) is 76.9 Å². The minimum Gasteiger partial charge on any atom is -0.318 e. The summed E-state index contributed by atoms with van der Waals surface area (Å²) in [6.45, 7) is 0.715. The first-order valence-corrected chi connectivity index (χ1v) is 9.30. The average molecular weight is 436 g/mol. The molecule has 2 aromatic carbocycles. The Morgan fingerprint density at radius 2 is 1.81 bits per heavy atom. The molecule has 0 unspecified atom stereocenters. The highest BCUT2D eigenvalue weighted by Crippen LogP contribution is 2.43. The fourth-order valence-electron chi connectivity index (χ4n) is 3.70. The second kappa shape index (κ2) is 7.14. The maximum Gasteiger partial charge on any atom is 0.416 e. The lowest BCUT2D eigenvalue weighted by molar-refractivity contribution is -0.138. The van der Waals surface area contributed by atoms with Crippen molar-refractivity contribution in [2.24, 2.45) is 7.05 Å². The van der Waals surface area contributed by atoms with Crippen LogP contribution in [0.25, 0.3) is 0 Å². The van der Waals surface area contributed by atoms with E-state index < -0.39 is 29.5 Å². The number of hydrogen-bond acceptors (Lipinski definition) is 3. The van der Waals surface area contributed by atoms with Crippen molar-refractivity contribution in [2.75, 3.05) is 4.90 Å². The van der Waals surface area contributed by atoms with Gasteiger partial charge in [0.1, 0.15) is 6.33 Å². The van der Waals surface area contributed by atoms with E-state index in [-0.39, 0.29) is 34.7 Å². The Hall–Kier alpha value is -3.30. The van der Waals surface area contributed by atoms with Crippen molar-refractivity contribution in [3.8, 4) is 0 Å². The molecule has 1 amide bonds. The monoisotopic (exact) mass is 436 g/mol. The molecule has 0 spiro atoms. The normalized spacial score (nSPS) is 16.9. The first-order chi connectivity index (χ1) is 14.5. The molecule has 0 radical (unpaired) electrons. The molecule has 1 aliphatic heterocycles. The van der Waals surface area contributed by atoms with Crippen LogP contribution in [0.1, 0.15) is 46.0 Å². The van der Waals surface area contributed by atoms with Gasteiger partial charge in [-0.2, -0.15) is 13.2 Å². The molecule has 5 nitrogen and oxygen atoms in total. The third kappa shape index (κ3) is 3.45. The number of nitrogens with zero attached hydrogens (tertiary/aromatic N) is 4. The van der Waals surface area contributed by atoms with Crippen molar-refractivity contribution in [2.45, 2.75) is 31.5 Å². The van der Waals surface area contributed by atoms with Gasteiger partial charge in [0.25, 0.3) is 5.91 Å². The van der Waals surface area contributed by atoms with E-state index in [1.54, 1.807) is 0 Å². The summed E-state index contributed by atoms with van der Waals surface area (Å²) in [5.74, 6) is -0.848. The molecule has 2 atom stereocenters. The molecular formula is C21H17F5N4O. The van der Waals surface area contributed by atoms with Crippen molar-refractivity contribution in [1.82, 2.24) is 14.8 Å². The molecule has 0 fully saturated rings. The molecule has 0 aliphatic carbocycles. The highest BCUT2D eigenvalue weighted by molar-refractivity contribution is 6.10. The van der Waals surface area contributed by atoms with Crippen LogP contribution in [0, 0.1) is 0 Å². The summed E-state index contributed by atoms with van der Waals surface area (Å²) in [7, 11) is 1.48. The first-order valence-electron chi connectivity index (χ1n) is 9.30. The zero-order valence-electron chi connectivity index (χ0n) is 16.5. The van der Waals surface area contributed by atoms with E-state index in [9.17, 15) is 22.4 Å². The van der Waals surface area contributed by atoms with Gasteiger partial charge in [-0.25, -0.2) is 8.78 Å². The number of halogens is 5. The van der Waals surface area contributed by atoms with Gasteiger partial charge < -0.3 is 9.47 Å². The third-order valence-electron chi connectivity index (χ3n) is 5.44. The lowest BCUT2D eigenvalue weighted by atomic mass is 9.92. The molecular weight excluding hydrogens is 419 g/mol. The molecule has 1 aromatic heterocycles. The summed E-state index contributed by atoms with van der Waals surface area (Å²) in [5, 5.41) is 7.16. The number of alkyl halides is 5. The van der Waals surface area contributed by atoms with Gasteiger partial charge in [-0.05, 0) is 42.3 Å². The predicted octanol–water partition coefficient (Wildman–Crippen LogP) is 4.89. The quantitative estimate of drug-likeness (QED) is 0.548. The third-order valence-corrected chi connectivity index (χ3v) is 5.44. The summed E-state index contributed by atoms with van der Waals surface area (Å²) >= 11 is 0. The van der Waals surface area contributed by atoms with Crippen LogP contribution < -0.4 is 4.90 Å². The second-order valence-electron chi connectivity index (χ2n) is 7.51. The topological polar surface area (TPSA) is 51.0 Å². The van der Waals surface area contributed by atoms with Crippen molar-refractivity contribution >= 4 is 11.6 Å². The Morgan fingerprint density at radius 3 is 2.45 bits per heavy atom. The van der Waals surface area contributed by atoms with E-state index in [1.807, 2.05) is 0 Å². The van der Waals surface area contributed by atoms with Gasteiger partial charge in [-0.3, -0.25) is 4.79 Å². The zero-order valence-corrected chi connectivity index (χ0v) is 16.5. The van der Waals surface area contributed by atoms with Crippen molar-refractivity contribution < 1.29 is 26.7 Å².